The van der Waals surface area contributed by atoms with Crippen molar-refractivity contribution < 1.29 is 9.59 Å². The molecule has 0 saturated heterocycles. The quantitative estimate of drug-likeness (QED) is 0.856. The summed E-state index contributed by atoms with van der Waals surface area (Å²) in [6.45, 7) is 0. The Balaban J connectivity index is 1.61. The second kappa shape index (κ2) is 7.08. The van der Waals surface area contributed by atoms with Crippen LogP contribution < -0.4 is 4.90 Å². The minimum atomic E-state index is -0.115. The second-order valence-corrected chi connectivity index (χ2v) is 6.65. The Hall–Kier alpha value is -1.95. The Kier molecular flexibility index (Phi) is 4.91. The van der Waals surface area contributed by atoms with E-state index in [0.717, 1.165) is 37.1 Å². The van der Waals surface area contributed by atoms with E-state index < -0.39 is 0 Å². The van der Waals surface area contributed by atoms with Gasteiger partial charge in [-0.3, -0.25) is 9.59 Å². The lowest BCUT2D eigenvalue weighted by molar-refractivity contribution is -0.120. The predicted octanol–water partition coefficient (Wildman–Crippen LogP) is 2.91. The minimum absolute atomic E-state index is 0.0395. The maximum atomic E-state index is 12.3. The van der Waals surface area contributed by atoms with Gasteiger partial charge in [-0.2, -0.15) is 4.99 Å². The number of benzene rings is 1. The van der Waals surface area contributed by atoms with Gasteiger partial charge in [0.05, 0.1) is 11.7 Å². The van der Waals surface area contributed by atoms with Gasteiger partial charge in [0.1, 0.15) is 0 Å². The van der Waals surface area contributed by atoms with Crippen LogP contribution in [0.2, 0.25) is 0 Å². The van der Waals surface area contributed by atoms with E-state index in [0.29, 0.717) is 5.17 Å². The highest BCUT2D eigenvalue weighted by molar-refractivity contribution is 8.14. The third-order valence-electron chi connectivity index (χ3n) is 4.16. The van der Waals surface area contributed by atoms with Crippen molar-refractivity contribution in [2.45, 2.75) is 25.7 Å². The number of carbonyl (C=O) groups is 2. The Morgan fingerprint density at radius 2 is 2.04 bits per heavy atom. The van der Waals surface area contributed by atoms with E-state index >= 15 is 0 Å². The van der Waals surface area contributed by atoms with Crippen molar-refractivity contribution in [1.29, 1.82) is 0 Å². The number of thioether (sulfide) groups is 1. The van der Waals surface area contributed by atoms with Crippen molar-refractivity contribution >= 4 is 40.1 Å². The summed E-state index contributed by atoms with van der Waals surface area (Å²) in [5, 5.41) is 0.429. The number of hydrogen-bond acceptors (Lipinski definition) is 4. The molecule has 5 nitrogen and oxygen atoms in total. The molecule has 1 heterocycles. The van der Waals surface area contributed by atoms with Gasteiger partial charge in [0, 0.05) is 18.4 Å². The molecule has 23 heavy (non-hydrogen) atoms. The van der Waals surface area contributed by atoms with Crippen LogP contribution in [0, 0.1) is 5.92 Å². The predicted molar refractivity (Wildman–Crippen MR) is 94.1 cm³/mol. The summed E-state index contributed by atoms with van der Waals surface area (Å²) in [6.07, 6.45) is 3.87. The van der Waals surface area contributed by atoms with Crippen LogP contribution in [0.15, 0.2) is 40.3 Å². The van der Waals surface area contributed by atoms with Crippen molar-refractivity contribution in [3.05, 3.63) is 30.3 Å². The molecule has 1 aliphatic heterocycles. The molecule has 120 valence electrons. The summed E-state index contributed by atoms with van der Waals surface area (Å²) < 4.78 is 0. The number of rotatable bonds is 3. The van der Waals surface area contributed by atoms with E-state index in [2.05, 4.69) is 9.98 Å². The summed E-state index contributed by atoms with van der Waals surface area (Å²) >= 11 is 1.24. The monoisotopic (exact) mass is 329 g/mol. The number of aliphatic imine (C=N–C) groups is 2. The van der Waals surface area contributed by atoms with Gasteiger partial charge < -0.3 is 4.90 Å². The normalized spacial score (nSPS) is 20.4. The smallest absolute Gasteiger partial charge is 0.256 e. The molecule has 0 aromatic heterocycles. The number of fused-ring (bicyclic) bond motifs is 1. The highest BCUT2D eigenvalue weighted by Crippen LogP contribution is 2.27. The topological polar surface area (TPSA) is 62.1 Å². The first-order valence-corrected chi connectivity index (χ1v) is 8.78. The van der Waals surface area contributed by atoms with E-state index in [1.807, 2.05) is 30.3 Å². The lowest BCUT2D eigenvalue weighted by atomic mass is 9.86. The summed E-state index contributed by atoms with van der Waals surface area (Å²) in [5.41, 5.74) is 1.79. The zero-order valence-electron chi connectivity index (χ0n) is 13.1. The Bertz CT molecular complexity index is 670. The molecule has 0 spiro atoms. The van der Waals surface area contributed by atoms with E-state index in [1.54, 1.807) is 11.9 Å². The van der Waals surface area contributed by atoms with Crippen LogP contribution in [0.25, 0.3) is 0 Å². The maximum absolute atomic E-state index is 12.3. The first kappa shape index (κ1) is 15.9. The molecule has 1 aromatic carbocycles. The molecular formula is C17H19N3O2S. The number of hydrogen-bond donors (Lipinski definition) is 0. The summed E-state index contributed by atoms with van der Waals surface area (Å²) in [6, 6.07) is 9.47. The Morgan fingerprint density at radius 1 is 1.26 bits per heavy atom. The SMILES string of the molecule is CN(C(=O)CSC1=NC(=O)C2CCCCC2=N1)c1ccccc1. The van der Waals surface area contributed by atoms with Crippen LogP contribution in [0.4, 0.5) is 5.69 Å². The second-order valence-electron chi connectivity index (χ2n) is 5.71. The van der Waals surface area contributed by atoms with Gasteiger partial charge in [-0.15, -0.1) is 0 Å². The molecule has 0 N–H and O–H groups in total. The van der Waals surface area contributed by atoms with E-state index in [9.17, 15) is 9.59 Å². The Labute approximate surface area is 139 Å². The molecule has 2 aliphatic rings. The fourth-order valence-corrected chi connectivity index (χ4v) is 3.58. The maximum Gasteiger partial charge on any atom is 0.256 e. The van der Waals surface area contributed by atoms with Gasteiger partial charge in [-0.25, -0.2) is 4.99 Å². The summed E-state index contributed by atoms with van der Waals surface area (Å²) in [4.78, 5) is 34.5. The summed E-state index contributed by atoms with van der Waals surface area (Å²) in [7, 11) is 1.75. The molecule has 1 saturated carbocycles. The van der Waals surface area contributed by atoms with Crippen molar-refractivity contribution in [2.75, 3.05) is 17.7 Å². The average Bonchev–Trinajstić information content (AvgIpc) is 2.60. The molecule has 0 radical (unpaired) electrons. The third-order valence-corrected chi connectivity index (χ3v) is 5.00. The van der Waals surface area contributed by atoms with Gasteiger partial charge in [-0.1, -0.05) is 36.4 Å². The lowest BCUT2D eigenvalue weighted by Gasteiger charge is -2.24. The average molecular weight is 329 g/mol. The molecule has 1 atom stereocenters. The molecule has 1 aromatic rings. The first-order chi connectivity index (χ1) is 11.1. The number of anilines is 1. The van der Waals surface area contributed by atoms with Crippen molar-refractivity contribution in [3.8, 4) is 0 Å². The molecule has 1 aliphatic carbocycles. The standard InChI is InChI=1S/C17H19N3O2S/c1-20(12-7-3-2-4-8-12)15(21)11-23-17-18-14-10-6-5-9-13(14)16(22)19-17/h2-4,7-8,13H,5-6,9-11H2,1H3. The fraction of sp³-hybridized carbons (Fsp3) is 0.412. The molecule has 1 fully saturated rings. The highest BCUT2D eigenvalue weighted by atomic mass is 32.2. The van der Waals surface area contributed by atoms with E-state index in [-0.39, 0.29) is 23.5 Å². The van der Waals surface area contributed by atoms with Crippen molar-refractivity contribution in [1.82, 2.24) is 0 Å². The molecule has 0 bridgehead atoms. The van der Waals surface area contributed by atoms with Gasteiger partial charge >= 0.3 is 0 Å². The van der Waals surface area contributed by atoms with E-state index in [4.69, 9.17) is 0 Å². The Morgan fingerprint density at radius 3 is 2.83 bits per heavy atom. The van der Waals surface area contributed by atoms with Crippen molar-refractivity contribution in [2.24, 2.45) is 15.9 Å². The molecular weight excluding hydrogens is 310 g/mol. The molecule has 1 unspecified atom stereocenters. The van der Waals surface area contributed by atoms with Crippen LogP contribution in [-0.2, 0) is 9.59 Å². The number of amidine groups is 1. The van der Waals surface area contributed by atoms with E-state index in [1.165, 1.54) is 11.8 Å². The molecule has 3 rings (SSSR count). The lowest BCUT2D eigenvalue weighted by Crippen LogP contribution is -2.31. The van der Waals surface area contributed by atoms with Crippen LogP contribution in [0.5, 0.6) is 0 Å². The minimum Gasteiger partial charge on any atom is -0.315 e. The van der Waals surface area contributed by atoms with Crippen LogP contribution >= 0.6 is 11.8 Å². The third kappa shape index (κ3) is 3.69. The molecule has 6 heteroatoms. The zero-order chi connectivity index (χ0) is 16.2. The van der Waals surface area contributed by atoms with Crippen LogP contribution in [0.1, 0.15) is 25.7 Å². The highest BCUT2D eigenvalue weighted by Gasteiger charge is 2.31. The van der Waals surface area contributed by atoms with Gasteiger partial charge in [-0.05, 0) is 31.4 Å². The first-order valence-electron chi connectivity index (χ1n) is 7.79. The number of nitrogens with zero attached hydrogens (tertiary/aromatic N) is 3. The largest absolute Gasteiger partial charge is 0.315 e. The fourth-order valence-electron chi connectivity index (χ4n) is 2.80. The number of para-hydroxylation sites is 1. The van der Waals surface area contributed by atoms with Crippen LogP contribution in [0.3, 0.4) is 0 Å². The van der Waals surface area contributed by atoms with Crippen LogP contribution in [-0.4, -0.2) is 35.5 Å². The summed E-state index contributed by atoms with van der Waals surface area (Å²) in [5.74, 6) is -0.0296. The number of amides is 2. The zero-order valence-corrected chi connectivity index (χ0v) is 13.9. The van der Waals surface area contributed by atoms with Gasteiger partial charge in [0.25, 0.3) is 5.91 Å². The van der Waals surface area contributed by atoms with Crippen molar-refractivity contribution in [3.63, 3.8) is 0 Å². The van der Waals surface area contributed by atoms with Gasteiger partial charge in [0.2, 0.25) is 5.91 Å². The molecule has 2 amide bonds. The van der Waals surface area contributed by atoms with Gasteiger partial charge in [0.15, 0.2) is 5.17 Å². The number of carbonyl (C=O) groups excluding carboxylic acids is 2.